The first-order valence-electron chi connectivity index (χ1n) is 7.11. The Bertz CT molecular complexity index is 570. The van der Waals surface area contributed by atoms with Gasteiger partial charge in [0.2, 0.25) is 0 Å². The summed E-state index contributed by atoms with van der Waals surface area (Å²) in [5.74, 6) is 2.06. The third kappa shape index (κ3) is 2.21. The predicted octanol–water partition coefficient (Wildman–Crippen LogP) is 2.88. The van der Waals surface area contributed by atoms with Crippen LogP contribution in [0.4, 0.5) is 0 Å². The molecule has 1 unspecified atom stereocenters. The Morgan fingerprint density at radius 3 is 3.05 bits per heavy atom. The van der Waals surface area contributed by atoms with E-state index in [0.29, 0.717) is 6.04 Å². The molecule has 1 aromatic carbocycles. The molecule has 102 valence electrons. The third-order valence-electron chi connectivity index (χ3n) is 3.80. The summed E-state index contributed by atoms with van der Waals surface area (Å²) in [5.41, 5.74) is 2.25. The van der Waals surface area contributed by atoms with Crippen LogP contribution >= 0.6 is 0 Å². The van der Waals surface area contributed by atoms with Gasteiger partial charge in [-0.25, -0.2) is 4.98 Å². The average molecular weight is 259 g/mol. The summed E-state index contributed by atoms with van der Waals surface area (Å²) in [6.45, 7) is 4.33. The lowest BCUT2D eigenvalue weighted by Crippen LogP contribution is -2.18. The summed E-state index contributed by atoms with van der Waals surface area (Å²) in [6, 6.07) is 6.57. The summed E-state index contributed by atoms with van der Waals surface area (Å²) >= 11 is 0. The number of ether oxygens (including phenoxy) is 1. The summed E-state index contributed by atoms with van der Waals surface area (Å²) < 4.78 is 7.65. The molecule has 0 spiro atoms. The number of imidazole rings is 1. The van der Waals surface area contributed by atoms with E-state index in [9.17, 15) is 0 Å². The van der Waals surface area contributed by atoms with Gasteiger partial charge in [-0.2, -0.15) is 0 Å². The molecular formula is C15H21N3O. The van der Waals surface area contributed by atoms with Crippen molar-refractivity contribution in [1.29, 1.82) is 0 Å². The highest BCUT2D eigenvalue weighted by molar-refractivity contribution is 5.78. The number of benzene rings is 1. The molecule has 0 saturated carbocycles. The van der Waals surface area contributed by atoms with Crippen molar-refractivity contribution in [2.24, 2.45) is 0 Å². The van der Waals surface area contributed by atoms with E-state index in [1.54, 1.807) is 7.11 Å². The summed E-state index contributed by atoms with van der Waals surface area (Å²) in [5, 5.41) is 3.55. The van der Waals surface area contributed by atoms with Gasteiger partial charge in [0, 0.05) is 12.6 Å². The maximum atomic E-state index is 5.29. The lowest BCUT2D eigenvalue weighted by atomic mass is 10.2. The molecule has 0 radical (unpaired) electrons. The van der Waals surface area contributed by atoms with Crippen molar-refractivity contribution in [3.63, 3.8) is 0 Å². The Morgan fingerprint density at radius 2 is 2.37 bits per heavy atom. The number of fused-ring (bicyclic) bond motifs is 1. The first kappa shape index (κ1) is 12.5. The quantitative estimate of drug-likeness (QED) is 0.917. The van der Waals surface area contributed by atoms with Crippen molar-refractivity contribution in [2.45, 2.75) is 38.8 Å². The van der Waals surface area contributed by atoms with E-state index in [-0.39, 0.29) is 0 Å². The van der Waals surface area contributed by atoms with Crippen LogP contribution in [0, 0.1) is 0 Å². The molecule has 2 aromatic rings. The molecule has 1 aromatic heterocycles. The fourth-order valence-electron chi connectivity index (χ4n) is 2.88. The number of hydrogen-bond donors (Lipinski definition) is 1. The van der Waals surface area contributed by atoms with E-state index < -0.39 is 0 Å². The number of nitrogens with zero attached hydrogens (tertiary/aromatic N) is 2. The first-order valence-corrected chi connectivity index (χ1v) is 7.11. The monoisotopic (exact) mass is 259 g/mol. The van der Waals surface area contributed by atoms with Crippen LogP contribution in [0.15, 0.2) is 18.2 Å². The van der Waals surface area contributed by atoms with E-state index >= 15 is 0 Å². The van der Waals surface area contributed by atoms with Crippen LogP contribution in [-0.2, 0) is 6.54 Å². The molecule has 1 N–H and O–H groups in total. The van der Waals surface area contributed by atoms with Gasteiger partial charge >= 0.3 is 0 Å². The number of rotatable bonds is 4. The van der Waals surface area contributed by atoms with E-state index in [4.69, 9.17) is 9.72 Å². The van der Waals surface area contributed by atoms with Crippen molar-refractivity contribution < 1.29 is 4.74 Å². The van der Waals surface area contributed by atoms with Crippen LogP contribution in [0.25, 0.3) is 11.0 Å². The maximum absolute atomic E-state index is 5.29. The minimum atomic E-state index is 0.407. The van der Waals surface area contributed by atoms with Crippen LogP contribution in [0.3, 0.4) is 0 Å². The highest BCUT2D eigenvalue weighted by Gasteiger charge is 2.22. The number of hydrogen-bond acceptors (Lipinski definition) is 3. The minimum Gasteiger partial charge on any atom is -0.497 e. The van der Waals surface area contributed by atoms with Crippen LogP contribution in [0.1, 0.15) is 38.1 Å². The second-order valence-corrected chi connectivity index (χ2v) is 5.13. The molecule has 1 fully saturated rings. The van der Waals surface area contributed by atoms with Crippen LogP contribution in [0.2, 0.25) is 0 Å². The Hall–Kier alpha value is -1.55. The molecule has 3 rings (SSSR count). The molecule has 0 bridgehead atoms. The van der Waals surface area contributed by atoms with Crippen LogP contribution in [0.5, 0.6) is 5.75 Å². The van der Waals surface area contributed by atoms with Gasteiger partial charge < -0.3 is 14.6 Å². The number of aromatic nitrogens is 2. The van der Waals surface area contributed by atoms with Gasteiger partial charge in [0.1, 0.15) is 11.6 Å². The third-order valence-corrected chi connectivity index (χ3v) is 3.80. The van der Waals surface area contributed by atoms with Crippen molar-refractivity contribution >= 4 is 11.0 Å². The standard InChI is InChI=1S/C15H21N3O/c1-3-9-18-14-7-6-11(19-2)10-13(14)17-15(18)12-5-4-8-16-12/h6-7,10,12,16H,3-5,8-9H2,1-2H3. The van der Waals surface area contributed by atoms with Gasteiger partial charge in [-0.05, 0) is 37.9 Å². The Morgan fingerprint density at radius 1 is 1.47 bits per heavy atom. The van der Waals surface area contributed by atoms with Crippen molar-refractivity contribution in [1.82, 2.24) is 14.9 Å². The lowest BCUT2D eigenvalue weighted by Gasteiger charge is -2.13. The molecule has 1 atom stereocenters. The number of methoxy groups -OCH3 is 1. The van der Waals surface area contributed by atoms with E-state index in [2.05, 4.69) is 22.9 Å². The molecule has 2 heterocycles. The largest absolute Gasteiger partial charge is 0.497 e. The molecule has 19 heavy (non-hydrogen) atoms. The summed E-state index contributed by atoms with van der Waals surface area (Å²) in [6.07, 6.45) is 3.55. The molecular weight excluding hydrogens is 238 g/mol. The summed E-state index contributed by atoms with van der Waals surface area (Å²) in [4.78, 5) is 4.84. The summed E-state index contributed by atoms with van der Waals surface area (Å²) in [7, 11) is 1.70. The van der Waals surface area contributed by atoms with Crippen molar-refractivity contribution in [3.05, 3.63) is 24.0 Å². The Kier molecular flexibility index (Phi) is 3.42. The average Bonchev–Trinajstić information content (AvgIpc) is 3.06. The van der Waals surface area contributed by atoms with Gasteiger partial charge in [-0.1, -0.05) is 6.92 Å². The molecule has 4 heteroatoms. The fourth-order valence-corrected chi connectivity index (χ4v) is 2.88. The molecule has 0 amide bonds. The number of nitrogens with one attached hydrogen (secondary N) is 1. The lowest BCUT2D eigenvalue weighted by molar-refractivity contribution is 0.415. The van der Waals surface area contributed by atoms with Crippen LogP contribution < -0.4 is 10.1 Å². The Labute approximate surface area is 113 Å². The van der Waals surface area contributed by atoms with Gasteiger partial charge in [-0.15, -0.1) is 0 Å². The van der Waals surface area contributed by atoms with Crippen LogP contribution in [-0.4, -0.2) is 23.2 Å². The zero-order valence-electron chi connectivity index (χ0n) is 11.6. The van der Waals surface area contributed by atoms with Gasteiger partial charge in [0.05, 0.1) is 24.2 Å². The van der Waals surface area contributed by atoms with E-state index in [0.717, 1.165) is 30.8 Å². The highest BCUT2D eigenvalue weighted by Crippen LogP contribution is 2.28. The second kappa shape index (κ2) is 5.21. The van der Waals surface area contributed by atoms with Crippen molar-refractivity contribution in [3.8, 4) is 5.75 Å². The normalized spacial score (nSPS) is 19.2. The van der Waals surface area contributed by atoms with E-state index in [1.165, 1.54) is 24.2 Å². The molecule has 1 aliphatic rings. The van der Waals surface area contributed by atoms with Gasteiger partial charge in [0.15, 0.2) is 0 Å². The predicted molar refractivity (Wildman–Crippen MR) is 76.6 cm³/mol. The molecule has 1 aliphatic heterocycles. The van der Waals surface area contributed by atoms with Gasteiger partial charge in [-0.3, -0.25) is 0 Å². The zero-order valence-corrected chi connectivity index (χ0v) is 11.6. The zero-order chi connectivity index (χ0) is 13.2. The highest BCUT2D eigenvalue weighted by atomic mass is 16.5. The molecule has 1 saturated heterocycles. The van der Waals surface area contributed by atoms with Gasteiger partial charge in [0.25, 0.3) is 0 Å². The first-order chi connectivity index (χ1) is 9.33. The smallest absolute Gasteiger partial charge is 0.127 e. The minimum absolute atomic E-state index is 0.407. The number of aryl methyl sites for hydroxylation is 1. The maximum Gasteiger partial charge on any atom is 0.127 e. The second-order valence-electron chi connectivity index (χ2n) is 5.13. The van der Waals surface area contributed by atoms with Crippen molar-refractivity contribution in [2.75, 3.05) is 13.7 Å². The molecule has 0 aliphatic carbocycles. The molecule has 4 nitrogen and oxygen atoms in total. The fraction of sp³-hybridized carbons (Fsp3) is 0.533. The Balaban J connectivity index is 2.10. The van der Waals surface area contributed by atoms with E-state index in [1.807, 2.05) is 12.1 Å². The topological polar surface area (TPSA) is 39.1 Å². The SMILES string of the molecule is CCCn1c(C2CCCN2)nc2cc(OC)ccc21.